The van der Waals surface area contributed by atoms with Gasteiger partial charge in [0.1, 0.15) is 18.6 Å². The van der Waals surface area contributed by atoms with Crippen LogP contribution in [-0.4, -0.2) is 30.9 Å². The Bertz CT molecular complexity index is 433. The second kappa shape index (κ2) is 4.18. The maximum Gasteiger partial charge on any atom is 0.271 e. The molecule has 1 aromatic rings. The highest BCUT2D eigenvalue weighted by Crippen LogP contribution is 2.34. The Hall–Kier alpha value is -2.11. The molecule has 0 aliphatic carbocycles. The molecule has 1 aliphatic rings. The van der Waals surface area contributed by atoms with E-state index in [-0.39, 0.29) is 12.2 Å². The van der Waals surface area contributed by atoms with Gasteiger partial charge >= 0.3 is 0 Å². The van der Waals surface area contributed by atoms with E-state index in [1.165, 1.54) is 12.1 Å². The van der Waals surface area contributed by atoms with Crippen molar-refractivity contribution < 1.29 is 14.5 Å². The zero-order chi connectivity index (χ0) is 11.5. The molecule has 6 nitrogen and oxygen atoms in total. The van der Waals surface area contributed by atoms with Crippen molar-refractivity contribution in [3.05, 3.63) is 28.3 Å². The smallest absolute Gasteiger partial charge is 0.271 e. The van der Waals surface area contributed by atoms with Crippen molar-refractivity contribution in [2.45, 2.75) is 0 Å². The molecule has 0 amide bonds. The molecule has 0 radical (unpaired) electrons. The van der Waals surface area contributed by atoms with Crippen LogP contribution in [0.5, 0.6) is 5.75 Å². The van der Waals surface area contributed by atoms with Crippen molar-refractivity contribution in [2.75, 3.05) is 24.6 Å². The standard InChI is InChI=1S/C10H10N2O4/c13-5-3-11-4-6-16-10-2-1-8(12(14)15)7-9(10)11/h1-2,5,7H,3-4,6H2. The number of rotatable bonds is 3. The summed E-state index contributed by atoms with van der Waals surface area (Å²) in [5.74, 6) is 0.582. The lowest BCUT2D eigenvalue weighted by Crippen LogP contribution is -2.34. The van der Waals surface area contributed by atoms with E-state index in [4.69, 9.17) is 4.74 Å². The van der Waals surface area contributed by atoms with Crippen LogP contribution in [-0.2, 0) is 4.79 Å². The molecule has 0 unspecified atom stereocenters. The van der Waals surface area contributed by atoms with E-state index in [2.05, 4.69) is 0 Å². The van der Waals surface area contributed by atoms with E-state index >= 15 is 0 Å². The van der Waals surface area contributed by atoms with Gasteiger partial charge in [-0.3, -0.25) is 10.1 Å². The molecule has 0 saturated heterocycles. The molecule has 0 atom stereocenters. The Morgan fingerprint density at radius 3 is 3.06 bits per heavy atom. The van der Waals surface area contributed by atoms with E-state index in [0.717, 1.165) is 6.29 Å². The largest absolute Gasteiger partial charge is 0.490 e. The topological polar surface area (TPSA) is 72.7 Å². The number of aldehydes is 1. The van der Waals surface area contributed by atoms with Gasteiger partial charge in [-0.15, -0.1) is 0 Å². The maximum absolute atomic E-state index is 10.6. The summed E-state index contributed by atoms with van der Waals surface area (Å²) in [6.07, 6.45) is 0.772. The Morgan fingerprint density at radius 2 is 2.38 bits per heavy atom. The van der Waals surface area contributed by atoms with Crippen molar-refractivity contribution in [3.63, 3.8) is 0 Å². The first-order valence-electron chi connectivity index (χ1n) is 4.82. The SMILES string of the molecule is O=CCN1CCOc2ccc([N+](=O)[O-])cc21. The third kappa shape index (κ3) is 1.81. The summed E-state index contributed by atoms with van der Waals surface area (Å²) in [5.41, 5.74) is 0.604. The van der Waals surface area contributed by atoms with Crippen LogP contribution in [0.1, 0.15) is 0 Å². The second-order valence-corrected chi connectivity index (χ2v) is 3.37. The van der Waals surface area contributed by atoms with Gasteiger partial charge in [-0.2, -0.15) is 0 Å². The molecule has 0 aromatic heterocycles. The minimum Gasteiger partial charge on any atom is -0.490 e. The predicted octanol–water partition coefficient (Wildman–Crippen LogP) is 0.992. The average Bonchev–Trinajstić information content (AvgIpc) is 2.29. The van der Waals surface area contributed by atoms with Gasteiger partial charge in [0.25, 0.3) is 5.69 Å². The van der Waals surface area contributed by atoms with Crippen molar-refractivity contribution in [2.24, 2.45) is 0 Å². The lowest BCUT2D eigenvalue weighted by atomic mass is 10.2. The molecule has 0 fully saturated rings. The van der Waals surface area contributed by atoms with Gasteiger partial charge in [0, 0.05) is 12.1 Å². The van der Waals surface area contributed by atoms with Crippen LogP contribution < -0.4 is 9.64 Å². The molecule has 1 aromatic carbocycles. The van der Waals surface area contributed by atoms with Crippen molar-refractivity contribution in [1.29, 1.82) is 0 Å². The van der Waals surface area contributed by atoms with Gasteiger partial charge in [0.2, 0.25) is 0 Å². The molecule has 16 heavy (non-hydrogen) atoms. The van der Waals surface area contributed by atoms with Crippen LogP contribution in [0.25, 0.3) is 0 Å². The molecule has 2 rings (SSSR count). The summed E-state index contributed by atoms with van der Waals surface area (Å²) in [6.45, 7) is 1.27. The number of nitro groups is 1. The van der Waals surface area contributed by atoms with Crippen LogP contribution in [0.4, 0.5) is 11.4 Å². The van der Waals surface area contributed by atoms with Crippen LogP contribution in [0.15, 0.2) is 18.2 Å². The van der Waals surface area contributed by atoms with Gasteiger partial charge in [-0.1, -0.05) is 0 Å². The van der Waals surface area contributed by atoms with E-state index < -0.39 is 4.92 Å². The zero-order valence-electron chi connectivity index (χ0n) is 8.46. The number of fused-ring (bicyclic) bond motifs is 1. The number of hydrogen-bond acceptors (Lipinski definition) is 5. The number of nitro benzene ring substituents is 1. The molecule has 1 heterocycles. The van der Waals surface area contributed by atoms with Gasteiger partial charge in [0.15, 0.2) is 0 Å². The first kappa shape index (κ1) is 10.4. The first-order chi connectivity index (χ1) is 7.72. The third-order valence-corrected chi connectivity index (χ3v) is 2.41. The quantitative estimate of drug-likeness (QED) is 0.433. The fourth-order valence-electron chi connectivity index (χ4n) is 1.65. The number of hydrogen-bond donors (Lipinski definition) is 0. The Balaban J connectivity index is 2.40. The van der Waals surface area contributed by atoms with E-state index in [1.54, 1.807) is 11.0 Å². The van der Waals surface area contributed by atoms with Gasteiger partial charge in [0.05, 0.1) is 23.7 Å². The summed E-state index contributed by atoms with van der Waals surface area (Å²) < 4.78 is 5.35. The molecule has 0 N–H and O–H groups in total. The Kier molecular flexibility index (Phi) is 2.72. The van der Waals surface area contributed by atoms with Gasteiger partial charge in [-0.05, 0) is 6.07 Å². The highest BCUT2D eigenvalue weighted by Gasteiger charge is 2.20. The number of anilines is 1. The normalized spacial score (nSPS) is 13.9. The minimum atomic E-state index is -0.464. The van der Waals surface area contributed by atoms with Gasteiger partial charge < -0.3 is 14.4 Å². The third-order valence-electron chi connectivity index (χ3n) is 2.41. The molecule has 0 spiro atoms. The molecular weight excluding hydrogens is 212 g/mol. The fourth-order valence-corrected chi connectivity index (χ4v) is 1.65. The lowest BCUT2D eigenvalue weighted by molar-refractivity contribution is -0.384. The highest BCUT2D eigenvalue weighted by atomic mass is 16.6. The predicted molar refractivity (Wildman–Crippen MR) is 56.9 cm³/mol. The molecule has 0 bridgehead atoms. The average molecular weight is 222 g/mol. The molecule has 0 saturated carbocycles. The number of nitrogens with zero attached hydrogens (tertiary/aromatic N) is 2. The number of benzene rings is 1. The number of carbonyl (C=O) groups is 1. The van der Waals surface area contributed by atoms with E-state index in [9.17, 15) is 14.9 Å². The molecule has 1 aliphatic heterocycles. The zero-order valence-corrected chi connectivity index (χ0v) is 8.46. The van der Waals surface area contributed by atoms with E-state index in [0.29, 0.717) is 24.6 Å². The molecular formula is C10H10N2O4. The van der Waals surface area contributed by atoms with Crippen molar-refractivity contribution >= 4 is 17.7 Å². The summed E-state index contributed by atoms with van der Waals surface area (Å²) in [5, 5.41) is 10.6. The van der Waals surface area contributed by atoms with Gasteiger partial charge in [-0.25, -0.2) is 0 Å². The van der Waals surface area contributed by atoms with Crippen LogP contribution in [0.3, 0.4) is 0 Å². The van der Waals surface area contributed by atoms with Crippen molar-refractivity contribution in [3.8, 4) is 5.75 Å². The molecule has 6 heteroatoms. The summed E-state index contributed by atoms with van der Waals surface area (Å²) in [4.78, 5) is 22.4. The number of carbonyl (C=O) groups excluding carboxylic acids is 1. The lowest BCUT2D eigenvalue weighted by Gasteiger charge is -2.29. The number of ether oxygens (including phenoxy) is 1. The minimum absolute atomic E-state index is 0.000138. The Morgan fingerprint density at radius 1 is 1.56 bits per heavy atom. The summed E-state index contributed by atoms with van der Waals surface area (Å²) in [6, 6.07) is 4.38. The summed E-state index contributed by atoms with van der Waals surface area (Å²) in [7, 11) is 0. The highest BCUT2D eigenvalue weighted by molar-refractivity contribution is 5.69. The summed E-state index contributed by atoms with van der Waals surface area (Å²) >= 11 is 0. The van der Waals surface area contributed by atoms with E-state index in [1.807, 2.05) is 0 Å². The number of non-ortho nitro benzene ring substituents is 1. The Labute approximate surface area is 91.6 Å². The van der Waals surface area contributed by atoms with Crippen LogP contribution in [0, 0.1) is 10.1 Å². The maximum atomic E-state index is 10.6. The van der Waals surface area contributed by atoms with Crippen LogP contribution >= 0.6 is 0 Å². The van der Waals surface area contributed by atoms with Crippen LogP contribution in [0.2, 0.25) is 0 Å². The second-order valence-electron chi connectivity index (χ2n) is 3.37. The first-order valence-corrected chi connectivity index (χ1v) is 4.82. The molecule has 84 valence electrons. The van der Waals surface area contributed by atoms with Crippen molar-refractivity contribution in [1.82, 2.24) is 0 Å². The fraction of sp³-hybridized carbons (Fsp3) is 0.300. The monoisotopic (exact) mass is 222 g/mol.